The van der Waals surface area contributed by atoms with Gasteiger partial charge in [0, 0.05) is 22.5 Å². The molecule has 9 aliphatic carbocycles. The van der Waals surface area contributed by atoms with Crippen LogP contribution in [0.15, 0.2) is 109 Å². The molecule has 312 valence electrons. The molecule has 1 heteroatoms. The van der Waals surface area contributed by atoms with Crippen LogP contribution in [0.5, 0.6) is 0 Å². The monoisotopic (exact) mass is 802 g/mol. The lowest BCUT2D eigenvalue weighted by molar-refractivity contribution is -0.00545. The number of rotatable bonds is 7. The van der Waals surface area contributed by atoms with Crippen LogP contribution in [0.4, 0.5) is 17.1 Å². The predicted octanol–water partition coefficient (Wildman–Crippen LogP) is 16.5. The van der Waals surface area contributed by atoms with Crippen molar-refractivity contribution in [2.75, 3.05) is 4.90 Å². The molecule has 8 saturated carbocycles. The molecule has 1 nitrogen and oxygen atoms in total. The van der Waals surface area contributed by atoms with Crippen LogP contribution < -0.4 is 4.90 Å². The fourth-order valence-corrected chi connectivity index (χ4v) is 17.0. The van der Waals surface area contributed by atoms with Gasteiger partial charge in [0.25, 0.3) is 0 Å². The highest BCUT2D eigenvalue weighted by Gasteiger charge is 2.54. The van der Waals surface area contributed by atoms with Crippen molar-refractivity contribution < 1.29 is 0 Å². The van der Waals surface area contributed by atoms with E-state index >= 15 is 0 Å². The summed E-state index contributed by atoms with van der Waals surface area (Å²) in [7, 11) is 0. The summed E-state index contributed by atoms with van der Waals surface area (Å²) in [6, 6.07) is 44.2. The quantitative estimate of drug-likeness (QED) is 0.158. The van der Waals surface area contributed by atoms with Crippen LogP contribution in [-0.4, -0.2) is 0 Å². The van der Waals surface area contributed by atoms with Gasteiger partial charge in [-0.3, -0.25) is 0 Å². The van der Waals surface area contributed by atoms with Crippen LogP contribution in [0.2, 0.25) is 0 Å². The fourth-order valence-electron chi connectivity index (χ4n) is 17.0. The highest BCUT2D eigenvalue weighted by molar-refractivity contribution is 5.86. The Kier molecular flexibility index (Phi) is 8.57. The van der Waals surface area contributed by atoms with E-state index in [1.807, 2.05) is 0 Å². The molecule has 8 fully saturated rings. The second-order valence-electron chi connectivity index (χ2n) is 23.1. The molecule has 61 heavy (non-hydrogen) atoms. The molecular weight excluding hydrogens is 735 g/mol. The zero-order valence-electron chi connectivity index (χ0n) is 37.1. The highest BCUT2D eigenvalue weighted by atomic mass is 15.1. The first-order valence-electron chi connectivity index (χ1n) is 25.2. The van der Waals surface area contributed by atoms with Crippen molar-refractivity contribution in [1.82, 2.24) is 0 Å². The summed E-state index contributed by atoms with van der Waals surface area (Å²) in [5, 5.41) is 0. The minimum absolute atomic E-state index is 0.0458. The summed E-state index contributed by atoms with van der Waals surface area (Å²) < 4.78 is 0. The van der Waals surface area contributed by atoms with Crippen LogP contribution in [0, 0.1) is 35.5 Å². The molecule has 0 amide bonds. The lowest BCUT2D eigenvalue weighted by atomic mass is 9.46. The van der Waals surface area contributed by atoms with Crippen LogP contribution >= 0.6 is 0 Å². The maximum atomic E-state index is 2.65. The van der Waals surface area contributed by atoms with Gasteiger partial charge in [0.05, 0.1) is 0 Å². The Morgan fingerprint density at radius 1 is 0.459 bits per heavy atom. The van der Waals surface area contributed by atoms with E-state index < -0.39 is 0 Å². The molecule has 4 atom stereocenters. The van der Waals surface area contributed by atoms with E-state index in [9.17, 15) is 0 Å². The van der Waals surface area contributed by atoms with Crippen molar-refractivity contribution >= 4 is 17.1 Å². The summed E-state index contributed by atoms with van der Waals surface area (Å²) in [5.74, 6) is 6.39. The molecular formula is C60H67N. The smallest absolute Gasteiger partial charge is 0.0465 e. The Hall–Kier alpha value is -4.10. The fraction of sp³-hybridized carbons (Fsp3) is 0.500. The predicted molar refractivity (Wildman–Crippen MR) is 254 cm³/mol. The molecule has 5 aromatic rings. The summed E-state index contributed by atoms with van der Waals surface area (Å²) in [6.45, 7) is 4.84. The lowest BCUT2D eigenvalue weighted by Crippen LogP contribution is -2.49. The lowest BCUT2D eigenvalue weighted by Gasteiger charge is -2.58. The van der Waals surface area contributed by atoms with Gasteiger partial charge in [-0.25, -0.2) is 0 Å². The molecule has 0 spiro atoms. The minimum Gasteiger partial charge on any atom is -0.310 e. The minimum atomic E-state index is -0.0458. The highest BCUT2D eigenvalue weighted by Crippen LogP contribution is 2.65. The van der Waals surface area contributed by atoms with Gasteiger partial charge in [-0.2, -0.15) is 0 Å². The van der Waals surface area contributed by atoms with Crippen molar-refractivity contribution in [3.63, 3.8) is 0 Å². The topological polar surface area (TPSA) is 3.24 Å². The van der Waals surface area contributed by atoms with Crippen LogP contribution in [0.25, 0.3) is 22.3 Å². The van der Waals surface area contributed by atoms with Gasteiger partial charge in [0.1, 0.15) is 0 Å². The van der Waals surface area contributed by atoms with E-state index in [1.54, 1.807) is 16.7 Å². The average Bonchev–Trinajstić information content (AvgIpc) is 3.51. The van der Waals surface area contributed by atoms with Crippen molar-refractivity contribution in [2.24, 2.45) is 35.5 Å². The van der Waals surface area contributed by atoms with Crippen LogP contribution in [0.1, 0.15) is 163 Å². The van der Waals surface area contributed by atoms with E-state index in [1.165, 1.54) is 166 Å². The third-order valence-electron chi connectivity index (χ3n) is 19.3. The van der Waals surface area contributed by atoms with Gasteiger partial charge < -0.3 is 4.90 Å². The largest absolute Gasteiger partial charge is 0.310 e. The molecule has 4 unspecified atom stereocenters. The van der Waals surface area contributed by atoms with Gasteiger partial charge in [0.15, 0.2) is 0 Å². The number of hydrogen-bond donors (Lipinski definition) is 0. The molecule has 0 aromatic heterocycles. The number of fused-ring (bicyclic) bond motifs is 5. The number of nitrogens with zero attached hydrogens (tertiary/aromatic N) is 1. The molecule has 7 bridgehead atoms. The number of anilines is 3. The summed E-state index contributed by atoms with van der Waals surface area (Å²) in [6.07, 6.45) is 25.8. The first-order chi connectivity index (χ1) is 29.8. The third kappa shape index (κ3) is 5.90. The van der Waals surface area contributed by atoms with E-state index in [-0.39, 0.29) is 5.41 Å². The SMILES string of the molecule is CC1(C)c2ccccc2-c2ccc(N(c3ccc(-c4c(C56CC7CC(CC(C7)C5)C6)cccc4C45CCC6CCC(CC6C4)C5)cc3)c3ccc(C4CCCCC4)cc3)cc21. The number of benzene rings is 5. The Labute approximate surface area is 366 Å². The van der Waals surface area contributed by atoms with E-state index in [0.717, 1.165) is 35.5 Å². The Morgan fingerprint density at radius 3 is 1.82 bits per heavy atom. The van der Waals surface area contributed by atoms with Crippen molar-refractivity contribution in [3.05, 3.63) is 137 Å². The normalized spacial score (nSPS) is 32.8. The molecule has 9 aliphatic rings. The maximum absolute atomic E-state index is 2.65. The molecule has 0 radical (unpaired) electrons. The zero-order valence-corrected chi connectivity index (χ0v) is 37.1. The van der Waals surface area contributed by atoms with E-state index in [0.29, 0.717) is 16.7 Å². The Balaban J connectivity index is 0.942. The van der Waals surface area contributed by atoms with Crippen LogP contribution in [-0.2, 0) is 16.2 Å². The van der Waals surface area contributed by atoms with E-state index in [4.69, 9.17) is 0 Å². The van der Waals surface area contributed by atoms with Gasteiger partial charge in [-0.15, -0.1) is 0 Å². The number of hydrogen-bond acceptors (Lipinski definition) is 1. The van der Waals surface area contributed by atoms with Crippen molar-refractivity contribution in [3.8, 4) is 22.3 Å². The van der Waals surface area contributed by atoms with Crippen LogP contribution in [0.3, 0.4) is 0 Å². The third-order valence-corrected chi connectivity index (χ3v) is 19.3. The molecule has 14 rings (SSSR count). The summed E-state index contributed by atoms with van der Waals surface area (Å²) >= 11 is 0. The Morgan fingerprint density at radius 2 is 1.08 bits per heavy atom. The summed E-state index contributed by atoms with van der Waals surface area (Å²) in [4.78, 5) is 2.57. The average molecular weight is 802 g/mol. The van der Waals surface area contributed by atoms with Gasteiger partial charge in [-0.1, -0.05) is 112 Å². The second kappa shape index (κ2) is 13.9. The molecule has 5 aromatic carbocycles. The molecule has 0 heterocycles. The van der Waals surface area contributed by atoms with Crippen molar-refractivity contribution in [1.29, 1.82) is 0 Å². The Bertz CT molecular complexity index is 2440. The molecule has 0 aliphatic heterocycles. The van der Waals surface area contributed by atoms with Gasteiger partial charge >= 0.3 is 0 Å². The first-order valence-corrected chi connectivity index (χ1v) is 25.2. The summed E-state index contributed by atoms with van der Waals surface area (Å²) in [5.41, 5.74) is 18.3. The standard InChI is InChI=1S/C60H67N/c1-58(2)53-12-7-6-11-51(53)52-26-25-50(33-56(52)58)61(48-21-17-44(18-22-48)43-9-4-3-5-10-43)49-23-19-46(20-24-49)57-54(59-28-27-45-16-15-39(34-59)32-47(45)38-59)13-8-14-55(57)60-35-40-29-41(36-60)31-42(30-40)37-60/h6-8,11-14,17-26,33,39-43,45,47H,3-5,9-10,15-16,27-32,34-38H2,1-2H3. The van der Waals surface area contributed by atoms with Gasteiger partial charge in [0.2, 0.25) is 0 Å². The van der Waals surface area contributed by atoms with Gasteiger partial charge in [-0.05, 0) is 229 Å². The zero-order chi connectivity index (χ0) is 40.5. The van der Waals surface area contributed by atoms with Crippen molar-refractivity contribution in [2.45, 2.75) is 152 Å². The first kappa shape index (κ1) is 37.5. The second-order valence-corrected chi connectivity index (χ2v) is 23.1. The van der Waals surface area contributed by atoms with E-state index in [2.05, 4.69) is 128 Å². The molecule has 0 saturated heterocycles. The maximum Gasteiger partial charge on any atom is 0.0465 e. The molecule has 0 N–H and O–H groups in total.